The van der Waals surface area contributed by atoms with Gasteiger partial charge in [0.25, 0.3) is 5.91 Å². The third-order valence-electron chi connectivity index (χ3n) is 2.59. The average Bonchev–Trinajstić information content (AvgIpc) is 2.38. The Labute approximate surface area is 121 Å². The minimum Gasteiger partial charge on any atom is -0.399 e. The molecule has 0 bridgehead atoms. The molecule has 20 heavy (non-hydrogen) atoms. The Hall–Kier alpha value is -2.34. The summed E-state index contributed by atoms with van der Waals surface area (Å²) in [5, 5.41) is 2.85. The van der Waals surface area contributed by atoms with Crippen molar-refractivity contribution in [3.8, 4) is 0 Å². The molecule has 3 N–H and O–H groups in total. The number of carbonyl (C=O) groups is 1. The molecule has 104 valence electrons. The highest BCUT2D eigenvalue weighted by molar-refractivity contribution is 6.29. The van der Waals surface area contributed by atoms with Crippen molar-refractivity contribution >= 4 is 34.8 Å². The van der Waals surface area contributed by atoms with Crippen LogP contribution in [0.5, 0.6) is 0 Å². The third-order valence-corrected chi connectivity index (χ3v) is 2.80. The standard InChI is InChI=1S/C13H14ClN5O/c1-19(2)10-4-3-8(15)7-9(10)12(20)18-13-16-6-5-11(14)17-13/h3-7H,15H2,1-2H3,(H,16,17,18,20). The summed E-state index contributed by atoms with van der Waals surface area (Å²) in [7, 11) is 3.69. The number of nitrogens with zero attached hydrogens (tertiary/aromatic N) is 3. The highest BCUT2D eigenvalue weighted by Crippen LogP contribution is 2.22. The smallest absolute Gasteiger partial charge is 0.260 e. The monoisotopic (exact) mass is 291 g/mol. The molecule has 2 aromatic rings. The SMILES string of the molecule is CN(C)c1ccc(N)cc1C(=O)Nc1nccc(Cl)n1. The normalized spacial score (nSPS) is 10.2. The maximum atomic E-state index is 12.3. The van der Waals surface area contributed by atoms with Gasteiger partial charge in [-0.3, -0.25) is 10.1 Å². The van der Waals surface area contributed by atoms with Crippen molar-refractivity contribution in [3.63, 3.8) is 0 Å². The number of halogens is 1. The molecule has 0 saturated heterocycles. The van der Waals surface area contributed by atoms with Gasteiger partial charge in [0.05, 0.1) is 5.56 Å². The Morgan fingerprint density at radius 2 is 2.10 bits per heavy atom. The Bertz CT molecular complexity index is 644. The van der Waals surface area contributed by atoms with Crippen molar-refractivity contribution in [1.82, 2.24) is 9.97 Å². The minimum atomic E-state index is -0.344. The summed E-state index contributed by atoms with van der Waals surface area (Å²) in [5.41, 5.74) is 7.43. The second-order valence-electron chi connectivity index (χ2n) is 4.33. The third kappa shape index (κ3) is 3.16. The first-order chi connectivity index (χ1) is 9.47. The lowest BCUT2D eigenvalue weighted by Gasteiger charge is -2.17. The fourth-order valence-corrected chi connectivity index (χ4v) is 1.83. The number of amides is 1. The van der Waals surface area contributed by atoms with E-state index in [2.05, 4.69) is 15.3 Å². The van der Waals surface area contributed by atoms with Gasteiger partial charge in [0.1, 0.15) is 5.15 Å². The highest BCUT2D eigenvalue weighted by atomic mass is 35.5. The van der Waals surface area contributed by atoms with Crippen LogP contribution >= 0.6 is 11.6 Å². The van der Waals surface area contributed by atoms with Crippen molar-refractivity contribution in [3.05, 3.63) is 41.2 Å². The molecule has 0 unspecified atom stereocenters. The summed E-state index contributed by atoms with van der Waals surface area (Å²) in [6.07, 6.45) is 1.47. The molecule has 1 aromatic carbocycles. The number of hydrogen-bond acceptors (Lipinski definition) is 5. The maximum absolute atomic E-state index is 12.3. The van der Waals surface area contributed by atoms with E-state index in [0.29, 0.717) is 11.3 Å². The van der Waals surface area contributed by atoms with Crippen LogP contribution in [0.15, 0.2) is 30.5 Å². The van der Waals surface area contributed by atoms with Gasteiger partial charge in [-0.2, -0.15) is 0 Å². The molecule has 1 aromatic heterocycles. The van der Waals surface area contributed by atoms with Crippen LogP contribution in [0.1, 0.15) is 10.4 Å². The van der Waals surface area contributed by atoms with Crippen molar-refractivity contribution in [2.45, 2.75) is 0 Å². The van der Waals surface area contributed by atoms with Crippen molar-refractivity contribution in [2.75, 3.05) is 30.0 Å². The first-order valence-corrected chi connectivity index (χ1v) is 6.22. The zero-order valence-electron chi connectivity index (χ0n) is 11.1. The largest absolute Gasteiger partial charge is 0.399 e. The van der Waals surface area contributed by atoms with Gasteiger partial charge in [0.2, 0.25) is 5.95 Å². The summed E-state index contributed by atoms with van der Waals surface area (Å²) < 4.78 is 0. The van der Waals surface area contributed by atoms with Crippen LogP contribution in [-0.2, 0) is 0 Å². The summed E-state index contributed by atoms with van der Waals surface area (Å²) >= 11 is 5.75. The Morgan fingerprint density at radius 3 is 2.75 bits per heavy atom. The fraction of sp³-hybridized carbons (Fsp3) is 0.154. The molecule has 2 rings (SSSR count). The first kappa shape index (κ1) is 14.1. The Kier molecular flexibility index (Phi) is 4.05. The number of benzene rings is 1. The number of hydrogen-bond donors (Lipinski definition) is 2. The molecule has 1 amide bonds. The molecule has 1 heterocycles. The first-order valence-electron chi connectivity index (χ1n) is 5.84. The van der Waals surface area contributed by atoms with Gasteiger partial charge in [-0.05, 0) is 24.3 Å². The molecule has 7 heteroatoms. The summed E-state index contributed by atoms with van der Waals surface area (Å²) in [4.78, 5) is 22.0. The number of nitrogen functional groups attached to an aromatic ring is 1. The summed E-state index contributed by atoms with van der Waals surface area (Å²) in [6.45, 7) is 0. The van der Waals surface area contributed by atoms with E-state index in [-0.39, 0.29) is 17.0 Å². The van der Waals surface area contributed by atoms with Gasteiger partial charge < -0.3 is 10.6 Å². The zero-order chi connectivity index (χ0) is 14.7. The van der Waals surface area contributed by atoms with Crippen molar-refractivity contribution < 1.29 is 4.79 Å². The fourth-order valence-electron chi connectivity index (χ4n) is 1.69. The molecule has 0 atom stereocenters. The van der Waals surface area contributed by atoms with Crippen LogP contribution in [0, 0.1) is 0 Å². The van der Waals surface area contributed by atoms with Crippen LogP contribution in [0.3, 0.4) is 0 Å². The lowest BCUT2D eigenvalue weighted by molar-refractivity contribution is 0.102. The van der Waals surface area contributed by atoms with Crippen LogP contribution in [0.25, 0.3) is 0 Å². The number of nitrogens with two attached hydrogens (primary N) is 1. The van der Waals surface area contributed by atoms with E-state index in [1.54, 1.807) is 18.2 Å². The Morgan fingerprint density at radius 1 is 1.35 bits per heavy atom. The molecule has 0 aliphatic heterocycles. The molecule has 0 saturated carbocycles. The van der Waals surface area contributed by atoms with Gasteiger partial charge in [-0.25, -0.2) is 9.97 Å². The molecular weight excluding hydrogens is 278 g/mol. The van der Waals surface area contributed by atoms with Gasteiger partial charge in [-0.15, -0.1) is 0 Å². The number of aromatic nitrogens is 2. The van der Waals surface area contributed by atoms with Crippen LogP contribution < -0.4 is 16.0 Å². The average molecular weight is 292 g/mol. The van der Waals surface area contributed by atoms with E-state index in [4.69, 9.17) is 17.3 Å². The van der Waals surface area contributed by atoms with Gasteiger partial charge in [-0.1, -0.05) is 11.6 Å². The molecule has 0 spiro atoms. The summed E-state index contributed by atoms with van der Waals surface area (Å²) in [6, 6.07) is 6.66. The van der Waals surface area contributed by atoms with Crippen LogP contribution in [0.2, 0.25) is 5.15 Å². The molecule has 6 nitrogen and oxygen atoms in total. The van der Waals surface area contributed by atoms with Crippen molar-refractivity contribution in [1.29, 1.82) is 0 Å². The van der Waals surface area contributed by atoms with Crippen LogP contribution in [-0.4, -0.2) is 30.0 Å². The number of rotatable bonds is 3. The quantitative estimate of drug-likeness (QED) is 0.668. The van der Waals surface area contributed by atoms with Crippen LogP contribution in [0.4, 0.5) is 17.3 Å². The predicted octanol–water partition coefficient (Wildman–Crippen LogP) is 2.03. The lowest BCUT2D eigenvalue weighted by atomic mass is 10.1. The van der Waals surface area contributed by atoms with E-state index in [1.165, 1.54) is 12.3 Å². The van der Waals surface area contributed by atoms with E-state index < -0.39 is 0 Å². The van der Waals surface area contributed by atoms with E-state index >= 15 is 0 Å². The molecular formula is C13H14ClN5O. The maximum Gasteiger partial charge on any atom is 0.260 e. The topological polar surface area (TPSA) is 84.1 Å². The second kappa shape index (κ2) is 5.75. The Balaban J connectivity index is 2.31. The zero-order valence-corrected chi connectivity index (χ0v) is 11.8. The van der Waals surface area contributed by atoms with E-state index in [9.17, 15) is 4.79 Å². The van der Waals surface area contributed by atoms with E-state index in [0.717, 1.165) is 5.69 Å². The molecule has 0 fully saturated rings. The van der Waals surface area contributed by atoms with Crippen molar-refractivity contribution in [2.24, 2.45) is 0 Å². The number of nitrogens with one attached hydrogen (secondary N) is 1. The minimum absolute atomic E-state index is 0.148. The summed E-state index contributed by atoms with van der Waals surface area (Å²) in [5.74, 6) is -0.196. The van der Waals surface area contributed by atoms with E-state index in [1.807, 2.05) is 19.0 Å². The second-order valence-corrected chi connectivity index (χ2v) is 4.72. The molecule has 0 aliphatic carbocycles. The number of anilines is 3. The number of carbonyl (C=O) groups excluding carboxylic acids is 1. The lowest BCUT2D eigenvalue weighted by Crippen LogP contribution is -2.19. The molecule has 0 radical (unpaired) electrons. The highest BCUT2D eigenvalue weighted by Gasteiger charge is 2.14. The van der Waals surface area contributed by atoms with Gasteiger partial charge >= 0.3 is 0 Å². The molecule has 0 aliphatic rings. The predicted molar refractivity (Wildman–Crippen MR) is 80.2 cm³/mol. The van der Waals surface area contributed by atoms with Gasteiger partial charge in [0.15, 0.2) is 0 Å². The van der Waals surface area contributed by atoms with Gasteiger partial charge in [0, 0.05) is 31.7 Å².